The maximum Gasteiger partial charge on any atom is 0.340 e. The van der Waals surface area contributed by atoms with E-state index < -0.39 is 0 Å². The van der Waals surface area contributed by atoms with Crippen molar-refractivity contribution in [1.29, 1.82) is 0 Å². The topological polar surface area (TPSA) is 69.9 Å². The Labute approximate surface area is 153 Å². The highest BCUT2D eigenvalue weighted by Crippen LogP contribution is 2.59. The van der Waals surface area contributed by atoms with Crippen LogP contribution in [0.25, 0.3) is 11.5 Å². The van der Waals surface area contributed by atoms with Crippen molar-refractivity contribution in [2.75, 3.05) is 6.61 Å². The number of pyridine rings is 1. The van der Waals surface area contributed by atoms with Crippen molar-refractivity contribution in [3.8, 4) is 11.5 Å². The molecule has 136 valence electrons. The third-order valence-corrected chi connectivity index (χ3v) is 6.16. The number of carbonyl (C=O) groups is 1. The minimum absolute atomic E-state index is 0.363. The molecule has 0 aliphatic heterocycles. The van der Waals surface area contributed by atoms with Crippen molar-refractivity contribution in [3.63, 3.8) is 0 Å². The fourth-order valence-corrected chi connectivity index (χ4v) is 4.34. The molecule has 0 spiro atoms. The molecule has 3 aliphatic carbocycles. The monoisotopic (exact) mass is 352 g/mol. The van der Waals surface area contributed by atoms with Gasteiger partial charge in [-0.1, -0.05) is 25.5 Å². The van der Waals surface area contributed by atoms with E-state index in [1.54, 1.807) is 29.2 Å². The van der Waals surface area contributed by atoms with Crippen molar-refractivity contribution >= 4 is 5.97 Å². The largest absolute Gasteiger partial charge is 0.462 e. The first-order valence-electron chi connectivity index (χ1n) is 9.14. The third kappa shape index (κ3) is 2.73. The first-order valence-corrected chi connectivity index (χ1v) is 9.14. The molecule has 0 radical (unpaired) electrons. The fraction of sp³-hybridized carbons (Fsp3) is 0.500. The standard InChI is InChI=1S/C20H24N4O2/c1-20(2)14-7-6-13(16(20)11-14)8-10-26-19(25)15-5-4-9-21-17(15)18-23-22-12-24(18)3/h4-6,9,12,14,16H,7-8,10-11H2,1-3H3/t14-,16-/m0/s1. The summed E-state index contributed by atoms with van der Waals surface area (Å²) in [5.41, 5.74) is 2.77. The molecule has 6 heteroatoms. The summed E-state index contributed by atoms with van der Waals surface area (Å²) in [5.74, 6) is 1.66. The van der Waals surface area contributed by atoms with Crippen LogP contribution >= 0.6 is 0 Å². The van der Waals surface area contributed by atoms with Gasteiger partial charge in [-0.25, -0.2) is 4.79 Å². The quantitative estimate of drug-likeness (QED) is 0.609. The van der Waals surface area contributed by atoms with Crippen LogP contribution in [0.2, 0.25) is 0 Å². The van der Waals surface area contributed by atoms with Crippen molar-refractivity contribution in [2.45, 2.75) is 33.1 Å². The molecule has 5 rings (SSSR count). The summed E-state index contributed by atoms with van der Waals surface area (Å²) >= 11 is 0. The Morgan fingerprint density at radius 1 is 1.42 bits per heavy atom. The average Bonchev–Trinajstić information content (AvgIpc) is 3.07. The van der Waals surface area contributed by atoms with E-state index in [9.17, 15) is 4.79 Å². The summed E-state index contributed by atoms with van der Waals surface area (Å²) in [4.78, 5) is 16.9. The van der Waals surface area contributed by atoms with Gasteiger partial charge in [-0.05, 0) is 42.2 Å². The van der Waals surface area contributed by atoms with Crippen molar-refractivity contribution < 1.29 is 9.53 Å². The molecular formula is C20H24N4O2. The predicted molar refractivity (Wildman–Crippen MR) is 97.2 cm³/mol. The minimum atomic E-state index is -0.363. The molecule has 3 aliphatic rings. The summed E-state index contributed by atoms with van der Waals surface area (Å²) in [7, 11) is 1.82. The number of hydrogen-bond donors (Lipinski definition) is 0. The number of carbonyl (C=O) groups excluding carboxylic acids is 1. The van der Waals surface area contributed by atoms with Crippen LogP contribution in [0, 0.1) is 17.3 Å². The van der Waals surface area contributed by atoms with Gasteiger partial charge >= 0.3 is 5.97 Å². The second-order valence-electron chi connectivity index (χ2n) is 7.87. The highest BCUT2D eigenvalue weighted by molar-refractivity contribution is 5.95. The van der Waals surface area contributed by atoms with Gasteiger partial charge < -0.3 is 9.30 Å². The molecule has 2 aromatic rings. The Morgan fingerprint density at radius 3 is 2.96 bits per heavy atom. The Bertz CT molecular complexity index is 868. The van der Waals surface area contributed by atoms with Crippen LogP contribution in [-0.2, 0) is 11.8 Å². The van der Waals surface area contributed by atoms with Gasteiger partial charge in [-0.15, -0.1) is 10.2 Å². The normalized spacial score (nSPS) is 23.1. The van der Waals surface area contributed by atoms with Crippen molar-refractivity contribution in [2.24, 2.45) is 24.3 Å². The molecule has 0 N–H and O–H groups in total. The lowest BCUT2D eigenvalue weighted by Crippen LogP contribution is -2.48. The van der Waals surface area contributed by atoms with Gasteiger partial charge in [-0.3, -0.25) is 4.98 Å². The van der Waals surface area contributed by atoms with E-state index >= 15 is 0 Å². The van der Waals surface area contributed by atoms with Crippen LogP contribution in [0.3, 0.4) is 0 Å². The maximum absolute atomic E-state index is 12.6. The number of hydrogen-bond acceptors (Lipinski definition) is 5. The molecule has 2 atom stereocenters. The molecule has 2 heterocycles. The van der Waals surface area contributed by atoms with Crippen LogP contribution in [0.5, 0.6) is 0 Å². The van der Waals surface area contributed by atoms with Crippen LogP contribution in [0.1, 0.15) is 43.5 Å². The maximum atomic E-state index is 12.6. The second kappa shape index (κ2) is 6.34. The molecule has 1 fully saturated rings. The molecule has 2 aromatic heterocycles. The third-order valence-electron chi connectivity index (χ3n) is 6.16. The highest BCUT2D eigenvalue weighted by atomic mass is 16.5. The first-order chi connectivity index (χ1) is 12.5. The molecule has 0 amide bonds. The van der Waals surface area contributed by atoms with Crippen LogP contribution in [0.15, 0.2) is 36.3 Å². The van der Waals surface area contributed by atoms with E-state index in [1.807, 2.05) is 7.05 Å². The van der Waals surface area contributed by atoms with Crippen LogP contribution in [-0.4, -0.2) is 32.3 Å². The zero-order valence-corrected chi connectivity index (χ0v) is 15.5. The minimum Gasteiger partial charge on any atom is -0.462 e. The molecule has 1 saturated carbocycles. The van der Waals surface area contributed by atoms with Gasteiger partial charge in [0.2, 0.25) is 0 Å². The molecular weight excluding hydrogens is 328 g/mol. The predicted octanol–water partition coefficient (Wildman–Crippen LogP) is 3.42. The molecule has 6 nitrogen and oxygen atoms in total. The summed E-state index contributed by atoms with van der Waals surface area (Å²) in [6.45, 7) is 5.11. The number of aromatic nitrogens is 4. The lowest BCUT2D eigenvalue weighted by atomic mass is 9.48. The zero-order chi connectivity index (χ0) is 18.3. The fourth-order valence-electron chi connectivity index (χ4n) is 4.34. The Kier molecular flexibility index (Phi) is 4.13. The van der Waals surface area contributed by atoms with Crippen molar-refractivity contribution in [3.05, 3.63) is 41.9 Å². The first kappa shape index (κ1) is 16.9. The van der Waals surface area contributed by atoms with Crippen LogP contribution < -0.4 is 0 Å². The zero-order valence-electron chi connectivity index (χ0n) is 15.5. The van der Waals surface area contributed by atoms with E-state index in [0.29, 0.717) is 35.0 Å². The molecule has 26 heavy (non-hydrogen) atoms. The van der Waals surface area contributed by atoms with E-state index in [0.717, 1.165) is 18.8 Å². The van der Waals surface area contributed by atoms with Gasteiger partial charge in [0.05, 0.1) is 12.2 Å². The van der Waals surface area contributed by atoms with Gasteiger partial charge in [0.1, 0.15) is 12.0 Å². The second-order valence-corrected chi connectivity index (χ2v) is 7.87. The summed E-state index contributed by atoms with van der Waals surface area (Å²) in [5, 5.41) is 7.91. The van der Waals surface area contributed by atoms with Gasteiger partial charge in [0, 0.05) is 19.7 Å². The molecule has 2 bridgehead atoms. The Balaban J connectivity index is 1.42. The Hall–Kier alpha value is -2.50. The van der Waals surface area contributed by atoms with Gasteiger partial charge in [-0.2, -0.15) is 0 Å². The lowest BCUT2D eigenvalue weighted by molar-refractivity contribution is -0.0103. The number of aryl methyl sites for hydroxylation is 1. The summed E-state index contributed by atoms with van der Waals surface area (Å²) in [6.07, 6.45) is 8.83. The van der Waals surface area contributed by atoms with Gasteiger partial charge in [0.25, 0.3) is 0 Å². The number of ether oxygens (including phenoxy) is 1. The van der Waals surface area contributed by atoms with E-state index in [1.165, 1.54) is 12.0 Å². The SMILES string of the molecule is Cn1cnnc1-c1ncccc1C(=O)OCCC1=CC[C@H]2C[C@@H]1C2(C)C. The van der Waals surface area contributed by atoms with Crippen molar-refractivity contribution in [1.82, 2.24) is 19.7 Å². The highest BCUT2D eigenvalue weighted by Gasteiger charge is 2.50. The number of esters is 1. The lowest BCUT2D eigenvalue weighted by Gasteiger charge is -2.56. The Morgan fingerprint density at radius 2 is 2.27 bits per heavy atom. The van der Waals surface area contributed by atoms with E-state index in [4.69, 9.17) is 4.74 Å². The number of nitrogens with zero attached hydrogens (tertiary/aromatic N) is 4. The smallest absolute Gasteiger partial charge is 0.340 e. The number of rotatable bonds is 5. The average molecular weight is 352 g/mol. The van der Waals surface area contributed by atoms with Gasteiger partial charge in [0.15, 0.2) is 5.82 Å². The van der Waals surface area contributed by atoms with E-state index in [-0.39, 0.29) is 5.97 Å². The molecule has 0 aromatic carbocycles. The molecule has 0 unspecified atom stereocenters. The number of fused-ring (bicyclic) bond motifs is 1. The molecule has 0 saturated heterocycles. The number of allylic oxidation sites excluding steroid dienone is 1. The van der Waals surface area contributed by atoms with Crippen LogP contribution in [0.4, 0.5) is 0 Å². The summed E-state index contributed by atoms with van der Waals surface area (Å²) in [6, 6.07) is 3.45. The summed E-state index contributed by atoms with van der Waals surface area (Å²) < 4.78 is 7.30. The van der Waals surface area contributed by atoms with E-state index in [2.05, 4.69) is 35.1 Å².